The Hall–Kier alpha value is -3.18. The number of carbonyl (C=O) groups excluding carboxylic acids is 1. The Bertz CT molecular complexity index is 1050. The Balaban J connectivity index is 2.06. The van der Waals surface area contributed by atoms with Gasteiger partial charge in [0.2, 0.25) is 0 Å². The number of rotatable bonds is 2. The van der Waals surface area contributed by atoms with Gasteiger partial charge >= 0.3 is 24.6 Å². The standard InChI is InChI=1S/C21H18F9N3O3/c22-19(23,24)13-7-11(1-2-12(13)9-31)16(34)33-10-18(3-5-32(6-4-18)17(35)36)8-14(33)15(20(25,26)27)21(28,29)30/h1-2,7,14-15H,3-6,8,10H2,(H,35,36). The van der Waals surface area contributed by atoms with E-state index in [4.69, 9.17) is 10.4 Å². The Morgan fingerprint density at radius 3 is 2.03 bits per heavy atom. The van der Waals surface area contributed by atoms with Crippen molar-refractivity contribution in [1.82, 2.24) is 9.80 Å². The first kappa shape index (κ1) is 27.4. The molecule has 3 rings (SSSR count). The lowest BCUT2D eigenvalue weighted by Gasteiger charge is -2.38. The van der Waals surface area contributed by atoms with Crippen molar-refractivity contribution in [1.29, 1.82) is 5.26 Å². The number of benzene rings is 1. The lowest BCUT2D eigenvalue weighted by Crippen LogP contribution is -2.51. The summed E-state index contributed by atoms with van der Waals surface area (Å²) in [7, 11) is 0. The minimum Gasteiger partial charge on any atom is -0.465 e. The number of hydrogen-bond acceptors (Lipinski definition) is 3. The first-order chi connectivity index (χ1) is 16.4. The molecular formula is C21H18F9N3O3. The Morgan fingerprint density at radius 1 is 1.03 bits per heavy atom. The molecule has 1 spiro atoms. The van der Waals surface area contributed by atoms with Crippen LogP contribution in [0.2, 0.25) is 0 Å². The Kier molecular flexibility index (Phi) is 6.88. The van der Waals surface area contributed by atoms with E-state index in [1.165, 1.54) is 6.07 Å². The van der Waals surface area contributed by atoms with Crippen LogP contribution in [0.5, 0.6) is 0 Å². The van der Waals surface area contributed by atoms with Crippen LogP contribution in [0.3, 0.4) is 0 Å². The van der Waals surface area contributed by atoms with Gasteiger partial charge in [0.15, 0.2) is 5.92 Å². The molecule has 2 saturated heterocycles. The van der Waals surface area contributed by atoms with E-state index in [1.807, 2.05) is 0 Å². The van der Waals surface area contributed by atoms with Crippen LogP contribution in [0.1, 0.15) is 40.7 Å². The normalized spacial score (nSPS) is 20.6. The van der Waals surface area contributed by atoms with Gasteiger partial charge in [-0.25, -0.2) is 4.79 Å². The average molecular weight is 531 g/mol. The van der Waals surface area contributed by atoms with Crippen molar-refractivity contribution in [3.8, 4) is 6.07 Å². The molecule has 198 valence electrons. The molecular weight excluding hydrogens is 513 g/mol. The second kappa shape index (κ2) is 9.04. The minimum atomic E-state index is -5.82. The van der Waals surface area contributed by atoms with Crippen LogP contribution in [0, 0.1) is 22.7 Å². The van der Waals surface area contributed by atoms with Crippen LogP contribution in [0.4, 0.5) is 44.3 Å². The molecule has 0 saturated carbocycles. The van der Waals surface area contributed by atoms with Crippen LogP contribution in [0.25, 0.3) is 0 Å². The SMILES string of the molecule is N#Cc1ccc(C(=O)N2CC3(CCN(C(=O)O)CC3)CC2C(C(F)(F)F)C(F)(F)F)cc1C(F)(F)F. The van der Waals surface area contributed by atoms with Crippen LogP contribution in [-0.2, 0) is 6.18 Å². The summed E-state index contributed by atoms with van der Waals surface area (Å²) in [6.45, 7) is -1.02. The fourth-order valence-electron chi connectivity index (χ4n) is 4.95. The third-order valence-corrected chi connectivity index (χ3v) is 6.69. The van der Waals surface area contributed by atoms with Crippen molar-refractivity contribution < 1.29 is 54.2 Å². The van der Waals surface area contributed by atoms with Crippen molar-refractivity contribution in [2.75, 3.05) is 19.6 Å². The van der Waals surface area contributed by atoms with Crippen molar-refractivity contribution in [3.05, 3.63) is 34.9 Å². The fraction of sp³-hybridized carbons (Fsp3) is 0.571. The number of nitriles is 1. The predicted molar refractivity (Wildman–Crippen MR) is 102 cm³/mol. The summed E-state index contributed by atoms with van der Waals surface area (Å²) in [4.78, 5) is 25.5. The van der Waals surface area contributed by atoms with Crippen LogP contribution in [0.15, 0.2) is 18.2 Å². The highest BCUT2D eigenvalue weighted by Crippen LogP contribution is 2.52. The van der Waals surface area contributed by atoms with Crippen LogP contribution in [-0.4, -0.2) is 64.9 Å². The summed E-state index contributed by atoms with van der Waals surface area (Å²) in [5.41, 5.74) is -4.55. The maximum absolute atomic E-state index is 13.6. The summed E-state index contributed by atoms with van der Waals surface area (Å²) in [6.07, 6.45) is -19.1. The van der Waals surface area contributed by atoms with E-state index in [-0.39, 0.29) is 32.0 Å². The second-order valence-electron chi connectivity index (χ2n) is 8.90. The largest absolute Gasteiger partial charge is 0.465 e. The van der Waals surface area contributed by atoms with Gasteiger partial charge in [0, 0.05) is 25.2 Å². The topological polar surface area (TPSA) is 84.6 Å². The molecule has 0 aromatic heterocycles. The van der Waals surface area contributed by atoms with E-state index in [0.29, 0.717) is 11.0 Å². The van der Waals surface area contributed by atoms with Gasteiger partial charge in [-0.2, -0.15) is 44.8 Å². The molecule has 2 amide bonds. The lowest BCUT2D eigenvalue weighted by atomic mass is 9.75. The number of nitrogens with zero attached hydrogens (tertiary/aromatic N) is 3. The molecule has 2 fully saturated rings. The summed E-state index contributed by atoms with van der Waals surface area (Å²) in [5.74, 6) is -5.45. The first-order valence-corrected chi connectivity index (χ1v) is 10.4. The number of carboxylic acid groups (broad SMARTS) is 1. The van der Waals surface area contributed by atoms with Gasteiger partial charge in [0.25, 0.3) is 5.91 Å². The van der Waals surface area contributed by atoms with E-state index < -0.39 is 77.6 Å². The Morgan fingerprint density at radius 2 is 1.58 bits per heavy atom. The zero-order chi connectivity index (χ0) is 27.3. The van der Waals surface area contributed by atoms with Crippen LogP contribution < -0.4 is 0 Å². The molecule has 0 bridgehead atoms. The number of carbonyl (C=O) groups is 2. The van der Waals surface area contributed by atoms with E-state index in [9.17, 15) is 49.1 Å². The zero-order valence-electron chi connectivity index (χ0n) is 18.1. The third-order valence-electron chi connectivity index (χ3n) is 6.69. The molecule has 6 nitrogen and oxygen atoms in total. The van der Waals surface area contributed by atoms with Crippen molar-refractivity contribution >= 4 is 12.0 Å². The molecule has 15 heteroatoms. The van der Waals surface area contributed by atoms with E-state index in [0.717, 1.165) is 11.0 Å². The molecule has 0 aliphatic carbocycles. The summed E-state index contributed by atoms with van der Waals surface area (Å²) >= 11 is 0. The van der Waals surface area contributed by atoms with Gasteiger partial charge in [0.1, 0.15) is 0 Å². The molecule has 1 aromatic carbocycles. The van der Waals surface area contributed by atoms with Gasteiger partial charge in [-0.1, -0.05) is 0 Å². The molecule has 1 N–H and O–H groups in total. The molecule has 1 unspecified atom stereocenters. The number of amides is 2. The third kappa shape index (κ3) is 5.31. The molecule has 2 heterocycles. The average Bonchev–Trinajstić information content (AvgIpc) is 3.08. The monoisotopic (exact) mass is 531 g/mol. The summed E-state index contributed by atoms with van der Waals surface area (Å²) in [5, 5.41) is 18.0. The first-order valence-electron chi connectivity index (χ1n) is 10.4. The molecule has 2 aliphatic heterocycles. The van der Waals surface area contributed by atoms with Crippen molar-refractivity contribution in [2.24, 2.45) is 11.3 Å². The highest BCUT2D eigenvalue weighted by molar-refractivity contribution is 5.95. The minimum absolute atomic E-state index is 0.136. The van der Waals surface area contributed by atoms with Crippen molar-refractivity contribution in [3.63, 3.8) is 0 Å². The smallest absolute Gasteiger partial charge is 0.417 e. The number of piperidine rings is 1. The maximum Gasteiger partial charge on any atom is 0.417 e. The van der Waals surface area contributed by atoms with Gasteiger partial charge < -0.3 is 14.9 Å². The second-order valence-corrected chi connectivity index (χ2v) is 8.90. The highest BCUT2D eigenvalue weighted by Gasteiger charge is 2.65. The summed E-state index contributed by atoms with van der Waals surface area (Å²) in [6, 6.07) is 0.380. The zero-order valence-corrected chi connectivity index (χ0v) is 18.1. The van der Waals surface area contributed by atoms with Crippen molar-refractivity contribution in [2.45, 2.75) is 43.8 Å². The summed E-state index contributed by atoms with van der Waals surface area (Å²) < 4.78 is 122. The van der Waals surface area contributed by atoms with Gasteiger partial charge in [-0.05, 0) is 42.9 Å². The molecule has 1 aromatic rings. The van der Waals surface area contributed by atoms with Gasteiger partial charge in [-0.15, -0.1) is 0 Å². The molecule has 1 atom stereocenters. The quantitative estimate of drug-likeness (QED) is 0.526. The number of alkyl halides is 9. The fourth-order valence-corrected chi connectivity index (χ4v) is 4.95. The van der Waals surface area contributed by atoms with E-state index >= 15 is 0 Å². The predicted octanol–water partition coefficient (Wildman–Crippen LogP) is 5.29. The Labute approximate surface area is 197 Å². The van der Waals surface area contributed by atoms with E-state index in [1.54, 1.807) is 0 Å². The van der Waals surface area contributed by atoms with Gasteiger partial charge in [0.05, 0.1) is 23.2 Å². The van der Waals surface area contributed by atoms with Crippen LogP contribution >= 0.6 is 0 Å². The molecule has 2 aliphatic rings. The molecule has 0 radical (unpaired) electrons. The number of likely N-dealkylation sites (tertiary alicyclic amines) is 2. The maximum atomic E-state index is 13.6. The lowest BCUT2D eigenvalue weighted by molar-refractivity contribution is -0.295. The number of hydrogen-bond donors (Lipinski definition) is 1. The number of halogens is 9. The molecule has 36 heavy (non-hydrogen) atoms. The van der Waals surface area contributed by atoms with Gasteiger partial charge in [-0.3, -0.25) is 4.79 Å². The highest BCUT2D eigenvalue weighted by atomic mass is 19.4. The van der Waals surface area contributed by atoms with E-state index in [2.05, 4.69) is 0 Å².